The van der Waals surface area contributed by atoms with Gasteiger partial charge in [0.25, 0.3) is 5.91 Å². The van der Waals surface area contributed by atoms with Gasteiger partial charge in [-0.2, -0.15) is 4.31 Å². The highest BCUT2D eigenvalue weighted by Gasteiger charge is 2.32. The van der Waals surface area contributed by atoms with Gasteiger partial charge in [-0.1, -0.05) is 19.9 Å². The Hall–Kier alpha value is -1.44. The Morgan fingerprint density at radius 3 is 2.36 bits per heavy atom. The molecule has 1 aromatic carbocycles. The van der Waals surface area contributed by atoms with Crippen molar-refractivity contribution < 1.29 is 17.9 Å². The summed E-state index contributed by atoms with van der Waals surface area (Å²) in [5.41, 5.74) is 0.350. The molecular formula is C18H28N2O4S. The van der Waals surface area contributed by atoms with Gasteiger partial charge in [-0.3, -0.25) is 4.79 Å². The zero-order chi connectivity index (χ0) is 18.8. The second-order valence-corrected chi connectivity index (χ2v) is 9.05. The van der Waals surface area contributed by atoms with Crippen molar-refractivity contribution in [3.8, 4) is 0 Å². The summed E-state index contributed by atoms with van der Waals surface area (Å²) < 4.78 is 32.9. The molecule has 2 rings (SSSR count). The number of sulfonamides is 1. The van der Waals surface area contributed by atoms with Gasteiger partial charge in [-0.15, -0.1) is 0 Å². The first-order chi connectivity index (χ1) is 11.6. The monoisotopic (exact) mass is 368 g/mol. The Morgan fingerprint density at radius 2 is 1.80 bits per heavy atom. The second-order valence-electron chi connectivity index (χ2n) is 7.11. The van der Waals surface area contributed by atoms with Gasteiger partial charge in [0.05, 0.1) is 17.1 Å². The molecule has 1 fully saturated rings. The quantitative estimate of drug-likeness (QED) is 0.865. The third-order valence-corrected chi connectivity index (χ3v) is 6.31. The van der Waals surface area contributed by atoms with E-state index in [2.05, 4.69) is 5.32 Å². The van der Waals surface area contributed by atoms with Crippen LogP contribution in [0.1, 0.15) is 45.0 Å². The van der Waals surface area contributed by atoms with Crippen LogP contribution in [0.2, 0.25) is 0 Å². The summed E-state index contributed by atoms with van der Waals surface area (Å²) in [6, 6.07) is 6.22. The molecule has 1 N–H and O–H groups in total. The fourth-order valence-corrected chi connectivity index (χ4v) is 4.37. The molecule has 1 aliphatic heterocycles. The second kappa shape index (κ2) is 7.85. The number of nitrogens with one attached hydrogen (secondary N) is 1. The highest BCUT2D eigenvalue weighted by molar-refractivity contribution is 7.89. The van der Waals surface area contributed by atoms with Crippen LogP contribution in [0.25, 0.3) is 0 Å². The van der Waals surface area contributed by atoms with Gasteiger partial charge < -0.3 is 10.1 Å². The van der Waals surface area contributed by atoms with E-state index in [1.54, 1.807) is 12.1 Å². The Kier molecular flexibility index (Phi) is 6.24. The minimum atomic E-state index is -3.66. The first kappa shape index (κ1) is 19.9. The lowest BCUT2D eigenvalue weighted by molar-refractivity contribution is -0.0440. The van der Waals surface area contributed by atoms with Crippen molar-refractivity contribution in [2.45, 2.75) is 57.8 Å². The molecule has 0 radical (unpaired) electrons. The molecule has 0 aromatic heterocycles. The molecule has 140 valence electrons. The van der Waals surface area contributed by atoms with Gasteiger partial charge in [0, 0.05) is 24.7 Å². The third kappa shape index (κ3) is 4.80. The van der Waals surface area contributed by atoms with Crippen molar-refractivity contribution in [2.75, 3.05) is 13.1 Å². The van der Waals surface area contributed by atoms with E-state index in [9.17, 15) is 13.2 Å². The highest BCUT2D eigenvalue weighted by atomic mass is 32.2. The van der Waals surface area contributed by atoms with Crippen molar-refractivity contribution in [3.05, 3.63) is 29.8 Å². The highest BCUT2D eigenvalue weighted by Crippen LogP contribution is 2.22. The number of morpholine rings is 1. The fourth-order valence-electron chi connectivity index (χ4n) is 2.73. The number of carbonyl (C=O) groups is 1. The van der Waals surface area contributed by atoms with E-state index in [4.69, 9.17) is 4.74 Å². The molecule has 0 unspecified atom stereocenters. The first-order valence-corrected chi connectivity index (χ1v) is 10.1. The van der Waals surface area contributed by atoms with Crippen LogP contribution in [0.5, 0.6) is 0 Å². The van der Waals surface area contributed by atoms with Crippen molar-refractivity contribution >= 4 is 15.9 Å². The minimum Gasteiger partial charge on any atom is -0.373 e. The summed E-state index contributed by atoms with van der Waals surface area (Å²) in [5.74, 6) is 0.0363. The summed E-state index contributed by atoms with van der Waals surface area (Å²) in [7, 11) is -3.66. The van der Waals surface area contributed by atoms with Crippen LogP contribution in [0, 0.1) is 5.92 Å². The molecule has 1 amide bonds. The molecule has 1 heterocycles. The van der Waals surface area contributed by atoms with Crippen LogP contribution in [0.15, 0.2) is 29.2 Å². The molecule has 0 aliphatic carbocycles. The van der Waals surface area contributed by atoms with Crippen molar-refractivity contribution in [2.24, 2.45) is 5.92 Å². The maximum absolute atomic E-state index is 12.9. The van der Waals surface area contributed by atoms with Crippen LogP contribution >= 0.6 is 0 Å². The maximum Gasteiger partial charge on any atom is 0.251 e. The SMILES string of the molecule is CC(C)[C@H](C)NC(=O)c1cccc(S(=O)(=O)N2C[C@@H](C)O[C@@H](C)C2)c1. The molecule has 1 aromatic rings. The van der Waals surface area contributed by atoms with E-state index >= 15 is 0 Å². The predicted molar refractivity (Wildman–Crippen MR) is 97.0 cm³/mol. The number of benzene rings is 1. The number of hydrogen-bond acceptors (Lipinski definition) is 4. The van der Waals surface area contributed by atoms with E-state index in [0.29, 0.717) is 24.6 Å². The van der Waals surface area contributed by atoms with Crippen LogP contribution < -0.4 is 5.32 Å². The maximum atomic E-state index is 12.9. The normalized spacial score (nSPS) is 23.4. The Morgan fingerprint density at radius 1 is 1.20 bits per heavy atom. The molecule has 7 heteroatoms. The van der Waals surface area contributed by atoms with E-state index in [1.165, 1.54) is 16.4 Å². The lowest BCUT2D eigenvalue weighted by Gasteiger charge is -2.34. The number of rotatable bonds is 5. The van der Waals surface area contributed by atoms with Crippen molar-refractivity contribution in [3.63, 3.8) is 0 Å². The first-order valence-electron chi connectivity index (χ1n) is 8.67. The van der Waals surface area contributed by atoms with Gasteiger partial charge in [0.1, 0.15) is 0 Å². The Bertz CT molecular complexity index is 708. The summed E-state index contributed by atoms with van der Waals surface area (Å²) >= 11 is 0. The average molecular weight is 368 g/mol. The van der Waals surface area contributed by atoms with Gasteiger partial charge in [0.15, 0.2) is 0 Å². The zero-order valence-corrected chi connectivity index (χ0v) is 16.3. The number of carbonyl (C=O) groups excluding carboxylic acids is 1. The molecule has 0 spiro atoms. The van der Waals surface area contributed by atoms with Crippen LogP contribution in [0.3, 0.4) is 0 Å². The molecule has 25 heavy (non-hydrogen) atoms. The van der Waals surface area contributed by atoms with Gasteiger partial charge >= 0.3 is 0 Å². The Labute approximate surface area is 150 Å². The number of ether oxygens (including phenoxy) is 1. The van der Waals surface area contributed by atoms with Crippen LogP contribution in [-0.4, -0.2) is 50.0 Å². The topological polar surface area (TPSA) is 75.7 Å². The zero-order valence-electron chi connectivity index (χ0n) is 15.5. The average Bonchev–Trinajstić information content (AvgIpc) is 2.53. The van der Waals surface area contributed by atoms with Crippen molar-refractivity contribution in [1.29, 1.82) is 0 Å². The van der Waals surface area contributed by atoms with Crippen LogP contribution in [0.4, 0.5) is 0 Å². The summed E-state index contributed by atoms with van der Waals surface area (Å²) in [6.07, 6.45) is -0.311. The van der Waals surface area contributed by atoms with E-state index in [-0.39, 0.29) is 29.1 Å². The molecule has 0 bridgehead atoms. The predicted octanol–water partition coefficient (Wildman–Crippen LogP) is 2.26. The van der Waals surface area contributed by atoms with Crippen LogP contribution in [-0.2, 0) is 14.8 Å². The van der Waals surface area contributed by atoms with Gasteiger partial charge in [-0.25, -0.2) is 8.42 Å². The van der Waals surface area contributed by atoms with E-state index < -0.39 is 10.0 Å². The molecule has 0 saturated carbocycles. The third-order valence-electron chi connectivity index (χ3n) is 4.48. The summed E-state index contributed by atoms with van der Waals surface area (Å²) in [6.45, 7) is 10.3. The number of hydrogen-bond donors (Lipinski definition) is 1. The molecular weight excluding hydrogens is 340 g/mol. The molecule has 1 saturated heterocycles. The number of amides is 1. The van der Waals surface area contributed by atoms with Gasteiger partial charge in [-0.05, 0) is 44.9 Å². The lowest BCUT2D eigenvalue weighted by atomic mass is 10.1. The summed E-state index contributed by atoms with van der Waals surface area (Å²) in [4.78, 5) is 12.5. The molecule has 6 nitrogen and oxygen atoms in total. The van der Waals surface area contributed by atoms with E-state index in [1.807, 2.05) is 34.6 Å². The smallest absolute Gasteiger partial charge is 0.251 e. The fraction of sp³-hybridized carbons (Fsp3) is 0.611. The van der Waals surface area contributed by atoms with Gasteiger partial charge in [0.2, 0.25) is 10.0 Å². The number of nitrogens with zero attached hydrogens (tertiary/aromatic N) is 1. The standard InChI is InChI=1S/C18H28N2O4S/c1-12(2)15(5)19-18(21)16-7-6-8-17(9-16)25(22,23)20-10-13(3)24-14(4)11-20/h6-9,12-15H,10-11H2,1-5H3,(H,19,21)/t13-,14+,15-/m0/s1. The van der Waals surface area contributed by atoms with Crippen molar-refractivity contribution in [1.82, 2.24) is 9.62 Å². The largest absolute Gasteiger partial charge is 0.373 e. The summed E-state index contributed by atoms with van der Waals surface area (Å²) in [5, 5.41) is 2.90. The molecule has 3 atom stereocenters. The molecule has 1 aliphatic rings. The Balaban J connectivity index is 2.23. The lowest BCUT2D eigenvalue weighted by Crippen LogP contribution is -2.48. The van der Waals surface area contributed by atoms with E-state index in [0.717, 1.165) is 0 Å². The minimum absolute atomic E-state index is 0.00806.